The van der Waals surface area contributed by atoms with Gasteiger partial charge in [-0.05, 0) is 57.7 Å². The van der Waals surface area contributed by atoms with E-state index in [-0.39, 0.29) is 11.8 Å². The van der Waals surface area contributed by atoms with E-state index in [0.717, 1.165) is 16.0 Å². The Hall–Kier alpha value is -2.96. The van der Waals surface area contributed by atoms with Gasteiger partial charge in [0.05, 0.1) is 11.8 Å². The number of benzene rings is 1. The Balaban J connectivity index is 1.63. The molecule has 4 atom stereocenters. The van der Waals surface area contributed by atoms with E-state index in [4.69, 9.17) is 4.74 Å². The van der Waals surface area contributed by atoms with Gasteiger partial charge in [-0.2, -0.15) is 0 Å². The minimum absolute atomic E-state index is 0.346. The zero-order valence-corrected chi connectivity index (χ0v) is 17.1. The molecule has 1 fully saturated rings. The number of esters is 1. The van der Waals surface area contributed by atoms with Gasteiger partial charge < -0.3 is 10.1 Å². The second kappa shape index (κ2) is 8.19. The van der Waals surface area contributed by atoms with E-state index in [1.165, 1.54) is 13.8 Å². The average Bonchev–Trinajstić information content (AvgIpc) is 2.94. The summed E-state index contributed by atoms with van der Waals surface area (Å²) < 4.78 is 5.27. The highest BCUT2D eigenvalue weighted by Gasteiger charge is 2.50. The zero-order chi connectivity index (χ0) is 21.3. The first-order valence-corrected chi connectivity index (χ1v) is 9.81. The summed E-state index contributed by atoms with van der Waals surface area (Å²) in [7, 11) is 0. The number of amides is 3. The quantitative estimate of drug-likeness (QED) is 0.467. The van der Waals surface area contributed by atoms with Gasteiger partial charge in [0.25, 0.3) is 5.91 Å². The summed E-state index contributed by atoms with van der Waals surface area (Å²) in [4.78, 5) is 51.2. The number of ether oxygens (including phenoxy) is 1. The van der Waals surface area contributed by atoms with Gasteiger partial charge >= 0.3 is 5.97 Å². The van der Waals surface area contributed by atoms with E-state index in [9.17, 15) is 19.2 Å². The highest BCUT2D eigenvalue weighted by atomic mass is 16.5. The summed E-state index contributed by atoms with van der Waals surface area (Å²) in [5.74, 6) is -2.76. The lowest BCUT2D eigenvalue weighted by Crippen LogP contribution is -2.46. The molecule has 29 heavy (non-hydrogen) atoms. The van der Waals surface area contributed by atoms with Crippen LogP contribution in [0.15, 0.2) is 30.4 Å². The van der Waals surface area contributed by atoms with Crippen molar-refractivity contribution < 1.29 is 23.9 Å². The number of nitrogens with zero attached hydrogens (tertiary/aromatic N) is 1. The van der Waals surface area contributed by atoms with Gasteiger partial charge in [-0.15, -0.1) is 0 Å². The number of imide groups is 1. The van der Waals surface area contributed by atoms with Crippen LogP contribution < -0.4 is 5.32 Å². The topological polar surface area (TPSA) is 92.8 Å². The molecule has 1 aromatic rings. The standard InChI is InChI=1S/C22H26N2O5/c1-12-9-10-13(2)18(11-12)23-19(25)15(4)29-22(28)14(3)24-20(26)16-7-5-6-8-17(16)21(24)27/h5-6,9-11,14-17H,7-8H2,1-4H3,(H,23,25)/t14-,15+,16-,17+/m0/s1. The molecule has 154 valence electrons. The number of hydrogen-bond acceptors (Lipinski definition) is 5. The van der Waals surface area contributed by atoms with Gasteiger partial charge in [-0.1, -0.05) is 24.3 Å². The van der Waals surface area contributed by atoms with Crippen LogP contribution in [0.3, 0.4) is 0 Å². The number of aryl methyl sites for hydroxylation is 2. The largest absolute Gasteiger partial charge is 0.451 e. The summed E-state index contributed by atoms with van der Waals surface area (Å²) in [6.45, 7) is 6.70. The maximum atomic E-state index is 12.6. The number of carbonyl (C=O) groups is 4. The fourth-order valence-electron chi connectivity index (χ4n) is 3.74. The molecular formula is C22H26N2O5. The van der Waals surface area contributed by atoms with Gasteiger partial charge in [-0.25, -0.2) is 4.79 Å². The van der Waals surface area contributed by atoms with Gasteiger partial charge in [0.1, 0.15) is 6.04 Å². The zero-order valence-electron chi connectivity index (χ0n) is 17.1. The number of nitrogens with one attached hydrogen (secondary N) is 1. The van der Waals surface area contributed by atoms with Crippen LogP contribution in [0.1, 0.15) is 37.8 Å². The molecule has 1 saturated heterocycles. The fraction of sp³-hybridized carbons (Fsp3) is 0.455. The molecule has 3 amide bonds. The van der Waals surface area contributed by atoms with E-state index in [2.05, 4.69) is 5.32 Å². The minimum Gasteiger partial charge on any atom is -0.451 e. The minimum atomic E-state index is -1.07. The predicted octanol–water partition coefficient (Wildman–Crippen LogP) is 2.51. The highest BCUT2D eigenvalue weighted by Crippen LogP contribution is 2.36. The third-order valence-corrected chi connectivity index (χ3v) is 5.58. The number of rotatable bonds is 5. The van der Waals surface area contributed by atoms with Crippen LogP contribution >= 0.6 is 0 Å². The van der Waals surface area contributed by atoms with Crippen molar-refractivity contribution in [3.63, 3.8) is 0 Å². The number of carbonyl (C=O) groups excluding carboxylic acids is 4. The van der Waals surface area contributed by atoms with E-state index in [1.54, 1.807) is 0 Å². The Morgan fingerprint density at radius 2 is 1.66 bits per heavy atom. The lowest BCUT2D eigenvalue weighted by Gasteiger charge is -2.23. The Labute approximate surface area is 170 Å². The highest BCUT2D eigenvalue weighted by molar-refractivity contribution is 6.08. The first kappa shape index (κ1) is 20.8. The molecule has 0 saturated carbocycles. The lowest BCUT2D eigenvalue weighted by atomic mass is 9.85. The molecule has 0 aromatic heterocycles. The SMILES string of the molecule is Cc1ccc(C)c(NC(=O)[C@@H](C)OC(=O)[C@H](C)N2C(=O)[C@H]3CC=CC[C@H]3C2=O)c1. The second-order valence-electron chi connectivity index (χ2n) is 7.76. The van der Waals surface area contributed by atoms with E-state index < -0.39 is 35.9 Å². The molecule has 0 bridgehead atoms. The molecule has 7 nitrogen and oxygen atoms in total. The van der Waals surface area contributed by atoms with Crippen molar-refractivity contribution >= 4 is 29.4 Å². The number of likely N-dealkylation sites (tertiary alicyclic amines) is 1. The van der Waals surface area contributed by atoms with Crippen LogP contribution in [0.4, 0.5) is 5.69 Å². The van der Waals surface area contributed by atoms with Crippen molar-refractivity contribution in [2.24, 2.45) is 11.8 Å². The molecular weight excluding hydrogens is 372 g/mol. The van der Waals surface area contributed by atoms with Crippen LogP contribution in [0.25, 0.3) is 0 Å². The number of fused-ring (bicyclic) bond motifs is 1. The Bertz CT molecular complexity index is 865. The van der Waals surface area contributed by atoms with E-state index in [1.807, 2.05) is 44.2 Å². The van der Waals surface area contributed by atoms with Crippen LogP contribution in [0.5, 0.6) is 0 Å². The lowest BCUT2D eigenvalue weighted by molar-refractivity contribution is -0.163. The normalized spacial score (nSPS) is 22.8. The van der Waals surface area contributed by atoms with Gasteiger partial charge in [-0.3, -0.25) is 19.3 Å². The average molecular weight is 398 g/mol. The summed E-state index contributed by atoms with van der Waals surface area (Å²) in [6, 6.07) is 4.59. The summed E-state index contributed by atoms with van der Waals surface area (Å²) in [5, 5.41) is 2.75. The second-order valence-corrected chi connectivity index (χ2v) is 7.76. The molecule has 1 heterocycles. The van der Waals surface area contributed by atoms with Crippen LogP contribution in [0, 0.1) is 25.7 Å². The van der Waals surface area contributed by atoms with Crippen molar-refractivity contribution in [3.8, 4) is 0 Å². The monoisotopic (exact) mass is 398 g/mol. The van der Waals surface area contributed by atoms with E-state index >= 15 is 0 Å². The van der Waals surface area contributed by atoms with Crippen LogP contribution in [-0.2, 0) is 23.9 Å². The fourth-order valence-corrected chi connectivity index (χ4v) is 3.74. The Morgan fingerprint density at radius 1 is 1.07 bits per heavy atom. The van der Waals surface area contributed by atoms with Crippen molar-refractivity contribution in [2.75, 3.05) is 5.32 Å². The van der Waals surface area contributed by atoms with Crippen LogP contribution in [-0.4, -0.2) is 40.7 Å². The molecule has 3 rings (SSSR count). The number of allylic oxidation sites excluding steroid dienone is 2. The molecule has 2 aliphatic rings. The first-order valence-electron chi connectivity index (χ1n) is 9.81. The third kappa shape index (κ3) is 4.09. The molecule has 0 spiro atoms. The van der Waals surface area contributed by atoms with Crippen molar-refractivity contribution in [2.45, 2.75) is 52.7 Å². The molecule has 1 N–H and O–H groups in total. The van der Waals surface area contributed by atoms with Crippen molar-refractivity contribution in [1.29, 1.82) is 0 Å². The predicted molar refractivity (Wildman–Crippen MR) is 107 cm³/mol. The molecule has 0 unspecified atom stereocenters. The van der Waals surface area contributed by atoms with Crippen molar-refractivity contribution in [1.82, 2.24) is 4.90 Å². The van der Waals surface area contributed by atoms with E-state index in [0.29, 0.717) is 18.5 Å². The summed E-state index contributed by atoms with van der Waals surface area (Å²) in [6.07, 6.45) is 3.71. The maximum absolute atomic E-state index is 12.6. The van der Waals surface area contributed by atoms with Gasteiger partial charge in [0.2, 0.25) is 11.8 Å². The maximum Gasteiger partial charge on any atom is 0.329 e. The van der Waals surface area contributed by atoms with Gasteiger partial charge in [0, 0.05) is 5.69 Å². The Kier molecular flexibility index (Phi) is 5.86. The third-order valence-electron chi connectivity index (χ3n) is 5.58. The van der Waals surface area contributed by atoms with Crippen molar-refractivity contribution in [3.05, 3.63) is 41.5 Å². The Morgan fingerprint density at radius 3 is 2.24 bits per heavy atom. The first-order chi connectivity index (χ1) is 13.7. The number of hydrogen-bond donors (Lipinski definition) is 1. The van der Waals surface area contributed by atoms with Crippen LogP contribution in [0.2, 0.25) is 0 Å². The smallest absolute Gasteiger partial charge is 0.329 e. The molecule has 0 radical (unpaired) electrons. The summed E-state index contributed by atoms with van der Waals surface area (Å²) >= 11 is 0. The summed E-state index contributed by atoms with van der Waals surface area (Å²) in [5.41, 5.74) is 2.53. The van der Waals surface area contributed by atoms with Gasteiger partial charge in [0.15, 0.2) is 6.10 Å². The molecule has 1 aliphatic carbocycles. The molecule has 1 aromatic carbocycles. The molecule has 7 heteroatoms. The molecule has 1 aliphatic heterocycles. The number of anilines is 1.